The average Bonchev–Trinajstić information content (AvgIpc) is 2.56. The van der Waals surface area contributed by atoms with Gasteiger partial charge in [0.05, 0.1) is 7.11 Å². The van der Waals surface area contributed by atoms with E-state index in [1.54, 1.807) is 9.80 Å². The molecule has 1 fully saturated rings. The van der Waals surface area contributed by atoms with Gasteiger partial charge in [-0.1, -0.05) is 17.7 Å². The lowest BCUT2D eigenvalue weighted by molar-refractivity contribution is 0.0958. The highest BCUT2D eigenvalue weighted by Crippen LogP contribution is 2.18. The fourth-order valence-electron chi connectivity index (χ4n) is 2.47. The van der Waals surface area contributed by atoms with Crippen LogP contribution in [0.25, 0.3) is 0 Å². The number of urea groups is 1. The lowest BCUT2D eigenvalue weighted by Crippen LogP contribution is -2.53. The van der Waals surface area contributed by atoms with E-state index in [0.29, 0.717) is 26.2 Å². The molecule has 0 radical (unpaired) electrons. The molecule has 0 bridgehead atoms. The number of aryl methyl sites for hydroxylation is 2. The molecule has 126 valence electrons. The summed E-state index contributed by atoms with van der Waals surface area (Å²) < 4.78 is 10.3. The molecule has 1 N–H and O–H groups in total. The van der Waals surface area contributed by atoms with Crippen LogP contribution in [-0.2, 0) is 4.74 Å². The van der Waals surface area contributed by atoms with E-state index in [1.807, 2.05) is 32.0 Å². The van der Waals surface area contributed by atoms with Crippen LogP contribution < -0.4 is 10.1 Å². The van der Waals surface area contributed by atoms with Crippen molar-refractivity contribution in [1.29, 1.82) is 0 Å². The van der Waals surface area contributed by atoms with E-state index in [0.717, 1.165) is 11.3 Å². The second kappa shape index (κ2) is 7.71. The maximum Gasteiger partial charge on any atom is 0.409 e. The third-order valence-corrected chi connectivity index (χ3v) is 3.78. The summed E-state index contributed by atoms with van der Waals surface area (Å²) in [4.78, 5) is 26.7. The topological polar surface area (TPSA) is 71.1 Å². The SMILES string of the molecule is COC(=O)N1CCN(C(=O)NCOc2ccc(C)cc2C)CC1. The molecule has 1 saturated heterocycles. The van der Waals surface area contributed by atoms with Gasteiger partial charge in [-0.3, -0.25) is 0 Å². The zero-order valence-electron chi connectivity index (χ0n) is 13.8. The number of carbonyl (C=O) groups excluding carboxylic acids is 2. The van der Waals surface area contributed by atoms with Crippen LogP contribution >= 0.6 is 0 Å². The fourth-order valence-corrected chi connectivity index (χ4v) is 2.47. The fraction of sp³-hybridized carbons (Fsp3) is 0.500. The minimum Gasteiger partial charge on any atom is -0.473 e. The molecule has 0 unspecified atom stereocenters. The second-order valence-electron chi connectivity index (χ2n) is 5.48. The maximum atomic E-state index is 12.1. The Kier molecular flexibility index (Phi) is 5.67. The lowest BCUT2D eigenvalue weighted by atomic mass is 10.1. The molecule has 0 atom stereocenters. The average molecular weight is 321 g/mol. The first kappa shape index (κ1) is 16.9. The van der Waals surface area contributed by atoms with Gasteiger partial charge in [-0.2, -0.15) is 0 Å². The minimum atomic E-state index is -0.358. The molecule has 7 nitrogen and oxygen atoms in total. The van der Waals surface area contributed by atoms with E-state index in [-0.39, 0.29) is 18.9 Å². The Labute approximate surface area is 136 Å². The van der Waals surface area contributed by atoms with Crippen LogP contribution in [0.3, 0.4) is 0 Å². The molecule has 2 rings (SSSR count). The van der Waals surface area contributed by atoms with Gasteiger partial charge in [0.1, 0.15) is 5.75 Å². The molecule has 1 aromatic rings. The monoisotopic (exact) mass is 321 g/mol. The van der Waals surface area contributed by atoms with Crippen LogP contribution in [0.2, 0.25) is 0 Å². The smallest absolute Gasteiger partial charge is 0.409 e. The van der Waals surface area contributed by atoms with Crippen molar-refractivity contribution in [3.63, 3.8) is 0 Å². The van der Waals surface area contributed by atoms with Crippen molar-refractivity contribution in [1.82, 2.24) is 15.1 Å². The molecule has 0 aliphatic carbocycles. The zero-order chi connectivity index (χ0) is 16.8. The first-order valence-electron chi connectivity index (χ1n) is 7.57. The molecule has 1 aromatic carbocycles. The number of hydrogen-bond acceptors (Lipinski definition) is 4. The number of amides is 3. The van der Waals surface area contributed by atoms with Crippen molar-refractivity contribution in [2.45, 2.75) is 13.8 Å². The summed E-state index contributed by atoms with van der Waals surface area (Å²) in [5.74, 6) is 0.756. The van der Waals surface area contributed by atoms with Crippen LogP contribution in [-0.4, -0.2) is 61.9 Å². The number of carbonyl (C=O) groups is 2. The van der Waals surface area contributed by atoms with Crippen molar-refractivity contribution in [2.24, 2.45) is 0 Å². The van der Waals surface area contributed by atoms with E-state index in [4.69, 9.17) is 4.74 Å². The van der Waals surface area contributed by atoms with Crippen molar-refractivity contribution in [3.8, 4) is 5.75 Å². The predicted molar refractivity (Wildman–Crippen MR) is 85.5 cm³/mol. The number of benzene rings is 1. The van der Waals surface area contributed by atoms with Gasteiger partial charge < -0.3 is 24.6 Å². The standard InChI is InChI=1S/C16H23N3O4/c1-12-4-5-14(13(2)10-12)23-11-17-15(20)18-6-8-19(9-7-18)16(21)22-3/h4-5,10H,6-9,11H2,1-3H3,(H,17,20). The molecule has 1 aliphatic rings. The summed E-state index contributed by atoms with van der Waals surface area (Å²) in [7, 11) is 1.35. The Morgan fingerprint density at radius 2 is 1.78 bits per heavy atom. The molecule has 0 saturated carbocycles. The first-order valence-corrected chi connectivity index (χ1v) is 7.57. The highest BCUT2D eigenvalue weighted by molar-refractivity contribution is 5.74. The largest absolute Gasteiger partial charge is 0.473 e. The number of piperazine rings is 1. The molecule has 3 amide bonds. The summed E-state index contributed by atoms with van der Waals surface area (Å²) in [5.41, 5.74) is 2.20. The second-order valence-corrected chi connectivity index (χ2v) is 5.48. The van der Waals surface area contributed by atoms with Crippen molar-refractivity contribution in [3.05, 3.63) is 29.3 Å². The molecule has 23 heavy (non-hydrogen) atoms. The normalized spacial score (nSPS) is 14.4. The van der Waals surface area contributed by atoms with E-state index in [2.05, 4.69) is 10.1 Å². The molecule has 0 spiro atoms. The highest BCUT2D eigenvalue weighted by Gasteiger charge is 2.24. The molecule has 1 heterocycles. The third-order valence-electron chi connectivity index (χ3n) is 3.78. The van der Waals surface area contributed by atoms with Crippen LogP contribution in [0.15, 0.2) is 18.2 Å². The van der Waals surface area contributed by atoms with E-state index in [9.17, 15) is 9.59 Å². The third kappa shape index (κ3) is 4.51. The number of methoxy groups -OCH3 is 1. The summed E-state index contributed by atoms with van der Waals surface area (Å²) in [5, 5.41) is 2.73. The Bertz CT molecular complexity index is 568. The van der Waals surface area contributed by atoms with Crippen LogP contribution in [0.1, 0.15) is 11.1 Å². The number of ether oxygens (including phenoxy) is 2. The summed E-state index contributed by atoms with van der Waals surface area (Å²) in [6.07, 6.45) is -0.358. The van der Waals surface area contributed by atoms with Gasteiger partial charge in [-0.15, -0.1) is 0 Å². The summed E-state index contributed by atoms with van der Waals surface area (Å²) >= 11 is 0. The van der Waals surface area contributed by atoms with Gasteiger partial charge in [-0.25, -0.2) is 9.59 Å². The Morgan fingerprint density at radius 1 is 1.13 bits per heavy atom. The molecule has 0 aromatic heterocycles. The molecule has 1 aliphatic heterocycles. The van der Waals surface area contributed by atoms with E-state index < -0.39 is 0 Å². The van der Waals surface area contributed by atoms with Gasteiger partial charge in [0.25, 0.3) is 0 Å². The van der Waals surface area contributed by atoms with Gasteiger partial charge >= 0.3 is 12.1 Å². The van der Waals surface area contributed by atoms with E-state index in [1.165, 1.54) is 12.7 Å². The number of rotatable bonds is 3. The highest BCUT2D eigenvalue weighted by atomic mass is 16.5. The number of nitrogens with zero attached hydrogens (tertiary/aromatic N) is 2. The van der Waals surface area contributed by atoms with Gasteiger partial charge in [-0.05, 0) is 25.5 Å². The van der Waals surface area contributed by atoms with E-state index >= 15 is 0 Å². The van der Waals surface area contributed by atoms with Crippen LogP contribution in [0, 0.1) is 13.8 Å². The maximum absolute atomic E-state index is 12.1. The lowest BCUT2D eigenvalue weighted by Gasteiger charge is -2.33. The molecular weight excluding hydrogens is 298 g/mol. The number of hydrogen-bond donors (Lipinski definition) is 1. The quantitative estimate of drug-likeness (QED) is 0.861. The van der Waals surface area contributed by atoms with Crippen LogP contribution in [0.5, 0.6) is 5.75 Å². The Morgan fingerprint density at radius 3 is 2.39 bits per heavy atom. The number of nitrogens with one attached hydrogen (secondary N) is 1. The van der Waals surface area contributed by atoms with Crippen molar-refractivity contribution in [2.75, 3.05) is 40.0 Å². The Balaban J connectivity index is 1.74. The minimum absolute atomic E-state index is 0.111. The first-order chi connectivity index (χ1) is 11.0. The molecule has 7 heteroatoms. The van der Waals surface area contributed by atoms with Crippen molar-refractivity contribution >= 4 is 12.1 Å². The Hall–Kier alpha value is -2.44. The predicted octanol–water partition coefficient (Wildman–Crippen LogP) is 1.73. The van der Waals surface area contributed by atoms with Gasteiger partial charge in [0.2, 0.25) is 0 Å². The van der Waals surface area contributed by atoms with Gasteiger partial charge in [0.15, 0.2) is 6.73 Å². The van der Waals surface area contributed by atoms with Crippen LogP contribution in [0.4, 0.5) is 9.59 Å². The molecular formula is C16H23N3O4. The van der Waals surface area contributed by atoms with Gasteiger partial charge in [0, 0.05) is 26.2 Å². The summed E-state index contributed by atoms with van der Waals surface area (Å²) in [6.45, 7) is 5.99. The van der Waals surface area contributed by atoms with Crippen molar-refractivity contribution < 1.29 is 19.1 Å². The summed E-state index contributed by atoms with van der Waals surface area (Å²) in [6, 6.07) is 5.70. The zero-order valence-corrected chi connectivity index (χ0v) is 13.8.